The SMILES string of the molecule is O=C(Nc1ccccc1C(=O)N/C=C/c1ccccc1)c1cccc(C(F)(F)F)c1. The molecule has 0 saturated carbocycles. The summed E-state index contributed by atoms with van der Waals surface area (Å²) in [6.07, 6.45) is -1.37. The van der Waals surface area contributed by atoms with Gasteiger partial charge in [-0.1, -0.05) is 48.5 Å². The molecule has 0 atom stereocenters. The Morgan fingerprint density at radius 1 is 0.800 bits per heavy atom. The van der Waals surface area contributed by atoms with Crippen molar-refractivity contribution in [2.75, 3.05) is 5.32 Å². The van der Waals surface area contributed by atoms with Crippen LogP contribution < -0.4 is 10.6 Å². The van der Waals surface area contributed by atoms with Crippen molar-refractivity contribution in [2.24, 2.45) is 0 Å². The minimum atomic E-state index is -4.56. The predicted octanol–water partition coefficient (Wildman–Crippen LogP) is 5.36. The van der Waals surface area contributed by atoms with Gasteiger partial charge in [0.1, 0.15) is 0 Å². The maximum atomic E-state index is 12.9. The Labute approximate surface area is 171 Å². The minimum Gasteiger partial charge on any atom is -0.329 e. The molecule has 0 aliphatic heterocycles. The molecule has 0 unspecified atom stereocenters. The molecule has 0 aromatic heterocycles. The van der Waals surface area contributed by atoms with Gasteiger partial charge in [0.2, 0.25) is 0 Å². The number of benzene rings is 3. The highest BCUT2D eigenvalue weighted by molar-refractivity contribution is 6.09. The molecule has 2 amide bonds. The number of amides is 2. The molecule has 3 rings (SSSR count). The highest BCUT2D eigenvalue weighted by Crippen LogP contribution is 2.29. The number of halogens is 3. The van der Waals surface area contributed by atoms with E-state index in [4.69, 9.17) is 0 Å². The van der Waals surface area contributed by atoms with Crippen LogP contribution in [0, 0.1) is 0 Å². The van der Waals surface area contributed by atoms with E-state index in [2.05, 4.69) is 10.6 Å². The summed E-state index contributed by atoms with van der Waals surface area (Å²) in [7, 11) is 0. The van der Waals surface area contributed by atoms with Crippen molar-refractivity contribution in [1.29, 1.82) is 0 Å². The summed E-state index contributed by atoms with van der Waals surface area (Å²) in [6.45, 7) is 0. The standard InChI is InChI=1S/C23H17F3N2O2/c24-23(25,26)18-10-6-9-17(15-18)21(29)28-20-12-5-4-11-19(20)22(30)27-14-13-16-7-2-1-3-8-16/h1-15H,(H,27,30)(H,28,29)/b14-13+. The van der Waals surface area contributed by atoms with Gasteiger partial charge >= 0.3 is 6.18 Å². The van der Waals surface area contributed by atoms with Gasteiger partial charge in [0.15, 0.2) is 0 Å². The molecule has 3 aromatic rings. The van der Waals surface area contributed by atoms with Crippen LogP contribution >= 0.6 is 0 Å². The van der Waals surface area contributed by atoms with Crippen molar-refractivity contribution in [3.05, 3.63) is 107 Å². The molecule has 0 spiro atoms. The Kier molecular flexibility index (Phi) is 6.32. The molecule has 152 valence electrons. The van der Waals surface area contributed by atoms with Crippen molar-refractivity contribution in [1.82, 2.24) is 5.32 Å². The van der Waals surface area contributed by atoms with Gasteiger partial charge in [-0.2, -0.15) is 13.2 Å². The second-order valence-corrected chi connectivity index (χ2v) is 6.30. The lowest BCUT2D eigenvalue weighted by Gasteiger charge is -2.12. The molecule has 0 radical (unpaired) electrons. The Bertz CT molecular complexity index is 1080. The molecule has 4 nitrogen and oxygen atoms in total. The summed E-state index contributed by atoms with van der Waals surface area (Å²) >= 11 is 0. The third-order valence-electron chi connectivity index (χ3n) is 4.16. The third-order valence-corrected chi connectivity index (χ3v) is 4.16. The molecule has 2 N–H and O–H groups in total. The number of hydrogen-bond donors (Lipinski definition) is 2. The topological polar surface area (TPSA) is 58.2 Å². The highest BCUT2D eigenvalue weighted by atomic mass is 19.4. The van der Waals surface area contributed by atoms with Gasteiger partial charge in [0.25, 0.3) is 11.8 Å². The van der Waals surface area contributed by atoms with Crippen LogP contribution in [0.25, 0.3) is 6.08 Å². The molecule has 7 heteroatoms. The molecule has 0 aliphatic rings. The van der Waals surface area contributed by atoms with Crippen molar-refractivity contribution in [2.45, 2.75) is 6.18 Å². The Hall–Kier alpha value is -3.87. The van der Waals surface area contributed by atoms with E-state index in [0.29, 0.717) is 0 Å². The van der Waals surface area contributed by atoms with E-state index < -0.39 is 23.6 Å². The van der Waals surface area contributed by atoms with E-state index >= 15 is 0 Å². The molecule has 3 aromatic carbocycles. The molecule has 0 saturated heterocycles. The van der Waals surface area contributed by atoms with E-state index in [-0.39, 0.29) is 16.8 Å². The fourth-order valence-electron chi connectivity index (χ4n) is 2.68. The first-order valence-electron chi connectivity index (χ1n) is 8.95. The highest BCUT2D eigenvalue weighted by Gasteiger charge is 2.31. The fraction of sp³-hybridized carbons (Fsp3) is 0.0435. The first-order valence-corrected chi connectivity index (χ1v) is 8.95. The molecule has 0 heterocycles. The van der Waals surface area contributed by atoms with Gasteiger partial charge in [0.05, 0.1) is 16.8 Å². The lowest BCUT2D eigenvalue weighted by molar-refractivity contribution is -0.137. The van der Waals surface area contributed by atoms with Crippen molar-refractivity contribution in [3.8, 4) is 0 Å². The van der Waals surface area contributed by atoms with Crippen molar-refractivity contribution >= 4 is 23.6 Å². The van der Waals surface area contributed by atoms with Crippen LogP contribution in [0.4, 0.5) is 18.9 Å². The number of para-hydroxylation sites is 1. The number of nitrogens with one attached hydrogen (secondary N) is 2. The molecule has 0 fully saturated rings. The Morgan fingerprint density at radius 2 is 1.50 bits per heavy atom. The number of carbonyl (C=O) groups is 2. The predicted molar refractivity (Wildman–Crippen MR) is 109 cm³/mol. The quantitative estimate of drug-likeness (QED) is 0.595. The second-order valence-electron chi connectivity index (χ2n) is 6.30. The van der Waals surface area contributed by atoms with E-state index in [9.17, 15) is 22.8 Å². The van der Waals surface area contributed by atoms with Gasteiger partial charge in [0, 0.05) is 11.8 Å². The minimum absolute atomic E-state index is 0.163. The lowest BCUT2D eigenvalue weighted by Crippen LogP contribution is -2.21. The second kappa shape index (κ2) is 9.09. The summed E-state index contributed by atoms with van der Waals surface area (Å²) in [5, 5.41) is 5.11. The monoisotopic (exact) mass is 410 g/mol. The van der Waals surface area contributed by atoms with Gasteiger partial charge in [-0.25, -0.2) is 0 Å². The molecule has 0 bridgehead atoms. The first-order chi connectivity index (χ1) is 14.3. The van der Waals surface area contributed by atoms with Gasteiger partial charge in [-0.05, 0) is 42.0 Å². The molecule has 0 aliphatic carbocycles. The summed E-state index contributed by atoms with van der Waals surface area (Å²) in [6, 6.07) is 19.7. The Balaban J connectivity index is 1.74. The number of hydrogen-bond acceptors (Lipinski definition) is 2. The van der Waals surface area contributed by atoms with E-state index in [1.807, 2.05) is 30.3 Å². The molecular formula is C23H17F3N2O2. The lowest BCUT2D eigenvalue weighted by atomic mass is 10.1. The van der Waals surface area contributed by atoms with E-state index in [1.165, 1.54) is 24.4 Å². The van der Waals surface area contributed by atoms with Crippen LogP contribution in [0.15, 0.2) is 85.1 Å². The maximum absolute atomic E-state index is 12.9. The van der Waals surface area contributed by atoms with Crippen LogP contribution in [0.3, 0.4) is 0 Å². The maximum Gasteiger partial charge on any atom is 0.416 e. The number of carbonyl (C=O) groups excluding carboxylic acids is 2. The van der Waals surface area contributed by atoms with E-state index in [1.54, 1.807) is 18.2 Å². The Morgan fingerprint density at radius 3 is 2.23 bits per heavy atom. The van der Waals surface area contributed by atoms with Gasteiger partial charge < -0.3 is 10.6 Å². The van der Waals surface area contributed by atoms with E-state index in [0.717, 1.165) is 23.8 Å². The summed E-state index contributed by atoms with van der Waals surface area (Å²) in [5.74, 6) is -1.22. The summed E-state index contributed by atoms with van der Waals surface area (Å²) in [5.41, 5.74) is 0.168. The van der Waals surface area contributed by atoms with Crippen LogP contribution in [-0.4, -0.2) is 11.8 Å². The third kappa shape index (κ3) is 5.35. The van der Waals surface area contributed by atoms with Crippen LogP contribution in [0.2, 0.25) is 0 Å². The van der Waals surface area contributed by atoms with Gasteiger partial charge in [-0.3, -0.25) is 9.59 Å². The average molecular weight is 410 g/mol. The molecular weight excluding hydrogens is 393 g/mol. The number of anilines is 1. The summed E-state index contributed by atoms with van der Waals surface area (Å²) < 4.78 is 38.6. The van der Waals surface area contributed by atoms with Gasteiger partial charge in [-0.15, -0.1) is 0 Å². The van der Waals surface area contributed by atoms with Crippen LogP contribution in [0.5, 0.6) is 0 Å². The smallest absolute Gasteiger partial charge is 0.329 e. The number of rotatable bonds is 5. The largest absolute Gasteiger partial charge is 0.416 e. The molecule has 30 heavy (non-hydrogen) atoms. The zero-order valence-electron chi connectivity index (χ0n) is 15.6. The number of alkyl halides is 3. The van der Waals surface area contributed by atoms with Crippen LogP contribution in [0.1, 0.15) is 31.8 Å². The zero-order valence-corrected chi connectivity index (χ0v) is 15.6. The van der Waals surface area contributed by atoms with Crippen molar-refractivity contribution < 1.29 is 22.8 Å². The summed E-state index contributed by atoms with van der Waals surface area (Å²) in [4.78, 5) is 24.9. The normalized spacial score (nSPS) is 11.3. The average Bonchev–Trinajstić information content (AvgIpc) is 2.74. The first kappa shape index (κ1) is 20.9. The van der Waals surface area contributed by atoms with Crippen LogP contribution in [-0.2, 0) is 6.18 Å². The zero-order chi connectivity index (χ0) is 21.6. The fourth-order valence-corrected chi connectivity index (χ4v) is 2.68. The van der Waals surface area contributed by atoms with Crippen molar-refractivity contribution in [3.63, 3.8) is 0 Å².